The second-order valence-corrected chi connectivity index (χ2v) is 6.10. The van der Waals surface area contributed by atoms with Crippen molar-refractivity contribution in [2.45, 2.75) is 0 Å². The van der Waals surface area contributed by atoms with Crippen LogP contribution in [0.25, 0.3) is 0 Å². The van der Waals surface area contributed by atoms with Gasteiger partial charge < -0.3 is 5.11 Å². The highest BCUT2D eigenvalue weighted by Crippen LogP contribution is 2.36. The summed E-state index contributed by atoms with van der Waals surface area (Å²) in [6.45, 7) is 0. The van der Waals surface area contributed by atoms with Crippen molar-refractivity contribution < 1.29 is 14.7 Å². The maximum atomic E-state index is 12.4. The minimum atomic E-state index is -0.445. The van der Waals surface area contributed by atoms with E-state index in [4.69, 9.17) is 0 Å². The van der Waals surface area contributed by atoms with Crippen LogP contribution in [0.15, 0.2) is 45.3 Å². The van der Waals surface area contributed by atoms with Crippen LogP contribution in [0.3, 0.4) is 0 Å². The van der Waals surface area contributed by atoms with E-state index in [0.717, 1.165) is 9.37 Å². The number of phenols is 1. The van der Waals surface area contributed by atoms with Crippen molar-refractivity contribution in [3.63, 3.8) is 0 Å². The van der Waals surface area contributed by atoms with Gasteiger partial charge in [0, 0.05) is 8.95 Å². The standard InChI is InChI=1S/C14H7Br2NO3/c15-7-1-3-9-10(5-7)14(20)17(13(9)19)11-6-8(16)2-4-12(11)18/h1-6,18H. The maximum absolute atomic E-state index is 12.4. The third-order valence-electron chi connectivity index (χ3n) is 3.03. The van der Waals surface area contributed by atoms with Crippen molar-refractivity contribution in [3.8, 4) is 5.75 Å². The molecule has 2 aromatic rings. The van der Waals surface area contributed by atoms with E-state index in [9.17, 15) is 14.7 Å². The first kappa shape index (κ1) is 13.3. The van der Waals surface area contributed by atoms with E-state index >= 15 is 0 Å². The lowest BCUT2D eigenvalue weighted by Gasteiger charge is -2.15. The average Bonchev–Trinajstić information content (AvgIpc) is 2.65. The summed E-state index contributed by atoms with van der Waals surface area (Å²) in [6, 6.07) is 9.49. The molecule has 0 saturated heterocycles. The Balaban J connectivity index is 2.16. The van der Waals surface area contributed by atoms with E-state index in [1.54, 1.807) is 24.3 Å². The molecule has 6 heteroatoms. The van der Waals surface area contributed by atoms with Crippen LogP contribution in [-0.2, 0) is 0 Å². The normalized spacial score (nSPS) is 13.8. The van der Waals surface area contributed by atoms with Gasteiger partial charge in [-0.15, -0.1) is 0 Å². The third-order valence-corrected chi connectivity index (χ3v) is 4.01. The Labute approximate surface area is 131 Å². The van der Waals surface area contributed by atoms with Gasteiger partial charge in [-0.25, -0.2) is 4.90 Å². The van der Waals surface area contributed by atoms with Crippen LogP contribution in [0.5, 0.6) is 5.75 Å². The lowest BCUT2D eigenvalue weighted by Crippen LogP contribution is -2.29. The number of hydrogen-bond donors (Lipinski definition) is 1. The van der Waals surface area contributed by atoms with Crippen LogP contribution in [0, 0.1) is 0 Å². The van der Waals surface area contributed by atoms with Crippen molar-refractivity contribution >= 4 is 49.4 Å². The number of imide groups is 1. The lowest BCUT2D eigenvalue weighted by molar-refractivity contribution is 0.0925. The molecule has 0 bridgehead atoms. The van der Waals surface area contributed by atoms with Gasteiger partial charge in [-0.3, -0.25) is 9.59 Å². The summed E-state index contributed by atoms with van der Waals surface area (Å²) < 4.78 is 1.39. The maximum Gasteiger partial charge on any atom is 0.266 e. The molecule has 0 aromatic heterocycles. The van der Waals surface area contributed by atoms with Gasteiger partial charge in [0.2, 0.25) is 0 Å². The van der Waals surface area contributed by atoms with Crippen molar-refractivity contribution in [3.05, 3.63) is 56.5 Å². The Hall–Kier alpha value is -1.66. The molecule has 4 nitrogen and oxygen atoms in total. The van der Waals surface area contributed by atoms with Gasteiger partial charge in [0.1, 0.15) is 5.75 Å². The van der Waals surface area contributed by atoms with Crippen molar-refractivity contribution in [1.29, 1.82) is 0 Å². The summed E-state index contributed by atoms with van der Waals surface area (Å²) in [7, 11) is 0. The Kier molecular flexibility index (Phi) is 3.14. The number of carbonyl (C=O) groups is 2. The van der Waals surface area contributed by atoms with Crippen molar-refractivity contribution in [2.75, 3.05) is 4.90 Å². The predicted octanol–water partition coefficient (Wildman–Crippen LogP) is 3.72. The molecule has 2 aromatic carbocycles. The van der Waals surface area contributed by atoms with Crippen molar-refractivity contribution in [1.82, 2.24) is 0 Å². The van der Waals surface area contributed by atoms with Crippen LogP contribution in [0.4, 0.5) is 5.69 Å². The fourth-order valence-electron chi connectivity index (χ4n) is 2.11. The molecule has 1 aliphatic heterocycles. The highest BCUT2D eigenvalue weighted by molar-refractivity contribution is 9.10. The number of anilines is 1. The van der Waals surface area contributed by atoms with E-state index in [0.29, 0.717) is 15.6 Å². The quantitative estimate of drug-likeness (QED) is 0.747. The van der Waals surface area contributed by atoms with E-state index < -0.39 is 11.8 Å². The first-order chi connectivity index (χ1) is 9.49. The van der Waals surface area contributed by atoms with Crippen LogP contribution < -0.4 is 4.90 Å². The number of halogens is 2. The molecule has 0 fully saturated rings. The number of carbonyl (C=O) groups excluding carboxylic acids is 2. The Morgan fingerprint density at radius 1 is 0.850 bits per heavy atom. The first-order valence-electron chi connectivity index (χ1n) is 5.66. The Morgan fingerprint density at radius 2 is 1.45 bits per heavy atom. The zero-order valence-corrected chi connectivity index (χ0v) is 13.1. The van der Waals surface area contributed by atoms with E-state index in [-0.39, 0.29) is 11.4 Å². The second-order valence-electron chi connectivity index (χ2n) is 4.27. The van der Waals surface area contributed by atoms with Gasteiger partial charge in [-0.1, -0.05) is 31.9 Å². The molecule has 1 aliphatic rings. The van der Waals surface area contributed by atoms with Gasteiger partial charge in [0.15, 0.2) is 0 Å². The summed E-state index contributed by atoms with van der Waals surface area (Å²) >= 11 is 6.54. The Bertz CT molecular complexity index is 758. The molecule has 0 aliphatic carbocycles. The monoisotopic (exact) mass is 395 g/mol. The molecule has 0 spiro atoms. The van der Waals surface area contributed by atoms with Gasteiger partial charge in [-0.05, 0) is 36.4 Å². The molecular formula is C14H7Br2NO3. The number of nitrogens with zero attached hydrogens (tertiary/aromatic N) is 1. The molecule has 0 atom stereocenters. The topological polar surface area (TPSA) is 57.6 Å². The number of hydrogen-bond acceptors (Lipinski definition) is 3. The lowest BCUT2D eigenvalue weighted by atomic mass is 10.1. The summed E-state index contributed by atoms with van der Waals surface area (Å²) in [5.41, 5.74) is 0.822. The fraction of sp³-hybridized carbons (Fsp3) is 0. The van der Waals surface area contributed by atoms with E-state index in [1.807, 2.05) is 0 Å². The zero-order valence-electron chi connectivity index (χ0n) is 9.93. The zero-order chi connectivity index (χ0) is 14.4. The fourth-order valence-corrected chi connectivity index (χ4v) is 2.82. The number of aromatic hydroxyl groups is 1. The summed E-state index contributed by atoms with van der Waals surface area (Å²) in [5, 5.41) is 9.89. The number of phenolic OH excluding ortho intramolecular Hbond substituents is 1. The number of rotatable bonds is 1. The van der Waals surface area contributed by atoms with Crippen LogP contribution in [0.1, 0.15) is 20.7 Å². The smallest absolute Gasteiger partial charge is 0.266 e. The predicted molar refractivity (Wildman–Crippen MR) is 81.1 cm³/mol. The van der Waals surface area contributed by atoms with E-state index in [2.05, 4.69) is 31.9 Å². The summed E-state index contributed by atoms with van der Waals surface area (Å²) in [5.74, 6) is -1.01. The summed E-state index contributed by atoms with van der Waals surface area (Å²) in [4.78, 5) is 25.7. The number of amides is 2. The Morgan fingerprint density at radius 3 is 2.20 bits per heavy atom. The first-order valence-corrected chi connectivity index (χ1v) is 7.24. The van der Waals surface area contributed by atoms with Crippen molar-refractivity contribution in [2.24, 2.45) is 0 Å². The molecule has 0 saturated carbocycles. The molecule has 1 heterocycles. The molecule has 3 rings (SSSR count). The SMILES string of the molecule is O=C1c2ccc(Br)cc2C(=O)N1c1cc(Br)ccc1O. The largest absolute Gasteiger partial charge is 0.506 e. The highest BCUT2D eigenvalue weighted by atomic mass is 79.9. The number of benzene rings is 2. The van der Waals surface area contributed by atoms with E-state index in [1.165, 1.54) is 12.1 Å². The minimum Gasteiger partial charge on any atom is -0.506 e. The average molecular weight is 397 g/mol. The third kappa shape index (κ3) is 1.96. The van der Waals surface area contributed by atoms with Gasteiger partial charge >= 0.3 is 0 Å². The molecule has 100 valence electrons. The van der Waals surface area contributed by atoms with Crippen LogP contribution in [-0.4, -0.2) is 16.9 Å². The van der Waals surface area contributed by atoms with Gasteiger partial charge in [0.05, 0.1) is 16.8 Å². The van der Waals surface area contributed by atoms with Crippen LogP contribution in [0.2, 0.25) is 0 Å². The summed E-state index contributed by atoms with van der Waals surface area (Å²) in [6.07, 6.45) is 0. The molecule has 0 radical (unpaired) electrons. The molecule has 1 N–H and O–H groups in total. The molecular weight excluding hydrogens is 390 g/mol. The van der Waals surface area contributed by atoms with Gasteiger partial charge in [0.25, 0.3) is 11.8 Å². The number of fused-ring (bicyclic) bond motifs is 1. The highest BCUT2D eigenvalue weighted by Gasteiger charge is 2.37. The van der Waals surface area contributed by atoms with Gasteiger partial charge in [-0.2, -0.15) is 0 Å². The minimum absolute atomic E-state index is 0.123. The molecule has 0 unspecified atom stereocenters. The molecule has 20 heavy (non-hydrogen) atoms. The second kappa shape index (κ2) is 4.71. The molecule has 2 amide bonds. The van der Waals surface area contributed by atoms with Crippen LogP contribution >= 0.6 is 31.9 Å².